The molecule has 1 aromatic heterocycles. The van der Waals surface area contributed by atoms with Gasteiger partial charge in [0.15, 0.2) is 0 Å². The molecule has 4 rings (SSSR count). The van der Waals surface area contributed by atoms with E-state index in [4.69, 9.17) is 5.73 Å². The van der Waals surface area contributed by atoms with Gasteiger partial charge in [-0.1, -0.05) is 49.4 Å². The number of thiophene rings is 1. The Bertz CT molecular complexity index is 1820. The first-order valence-corrected chi connectivity index (χ1v) is 18.8. The third-order valence-electron chi connectivity index (χ3n) is 8.14. The molecule has 1 heterocycles. The van der Waals surface area contributed by atoms with Crippen molar-refractivity contribution in [1.82, 2.24) is 21.3 Å². The molecule has 3 amide bonds. The Labute approximate surface area is 292 Å². The van der Waals surface area contributed by atoms with E-state index in [9.17, 15) is 22.8 Å². The molecule has 6 N–H and O–H groups in total. The van der Waals surface area contributed by atoms with Crippen molar-refractivity contribution in [3.63, 3.8) is 0 Å². The molecule has 11 nitrogen and oxygen atoms in total. The number of nitrogen functional groups attached to an aromatic ring is 1. The van der Waals surface area contributed by atoms with Crippen molar-refractivity contribution in [3.8, 4) is 0 Å². The Balaban J connectivity index is 1.54. The van der Waals surface area contributed by atoms with Crippen LogP contribution >= 0.6 is 11.3 Å². The van der Waals surface area contributed by atoms with Crippen molar-refractivity contribution < 1.29 is 22.8 Å². The largest absolute Gasteiger partial charge is 0.399 e. The van der Waals surface area contributed by atoms with Crippen molar-refractivity contribution in [3.05, 3.63) is 117 Å². The highest BCUT2D eigenvalue weighted by Gasteiger charge is 2.23. The maximum Gasteiger partial charge on any atom is 0.251 e. The SMILES string of the molecule is CC[C@H](NC[C@@H](Cc1ccccc1)NC(=O)c1cc(C(=O)NC(C)c2ccsc2)cc(N(C)S(C)(=O)=O)c1)C(=O)NCc1ccc(N)cc1. The molecular formula is C36H44N6O5S2. The van der Waals surface area contributed by atoms with E-state index in [0.29, 0.717) is 25.1 Å². The molecule has 0 aliphatic carbocycles. The molecule has 0 bridgehead atoms. The molecule has 1 unspecified atom stereocenters. The molecule has 4 aromatic rings. The van der Waals surface area contributed by atoms with Crippen LogP contribution in [-0.2, 0) is 27.8 Å². The van der Waals surface area contributed by atoms with Crippen LogP contribution in [0.3, 0.4) is 0 Å². The van der Waals surface area contributed by atoms with Crippen LogP contribution < -0.4 is 31.3 Å². The Hall–Kier alpha value is -4.72. The van der Waals surface area contributed by atoms with Crippen molar-refractivity contribution in [1.29, 1.82) is 0 Å². The van der Waals surface area contributed by atoms with Gasteiger partial charge < -0.3 is 27.0 Å². The first-order chi connectivity index (χ1) is 23.3. The van der Waals surface area contributed by atoms with Crippen LogP contribution in [0.2, 0.25) is 0 Å². The molecule has 0 aliphatic rings. The zero-order valence-electron chi connectivity index (χ0n) is 28.1. The van der Waals surface area contributed by atoms with E-state index >= 15 is 0 Å². The summed E-state index contributed by atoms with van der Waals surface area (Å²) in [5, 5.41) is 16.1. The van der Waals surface area contributed by atoms with Crippen LogP contribution in [0.15, 0.2) is 89.6 Å². The van der Waals surface area contributed by atoms with E-state index in [1.807, 2.05) is 73.1 Å². The number of nitrogens with zero attached hydrogens (tertiary/aromatic N) is 1. The number of hydrogen-bond acceptors (Lipinski definition) is 8. The summed E-state index contributed by atoms with van der Waals surface area (Å²) in [5.41, 5.74) is 9.67. The topological polar surface area (TPSA) is 163 Å². The molecule has 0 radical (unpaired) electrons. The Kier molecular flexibility index (Phi) is 12.9. The number of carbonyl (C=O) groups is 3. The minimum Gasteiger partial charge on any atom is -0.399 e. The number of rotatable bonds is 16. The molecule has 0 fully saturated rings. The number of hydrogen-bond donors (Lipinski definition) is 5. The van der Waals surface area contributed by atoms with Gasteiger partial charge in [0.1, 0.15) is 0 Å². The highest BCUT2D eigenvalue weighted by molar-refractivity contribution is 7.92. The lowest BCUT2D eigenvalue weighted by Crippen LogP contribution is -2.50. The van der Waals surface area contributed by atoms with Crippen LogP contribution in [-0.4, -0.2) is 58.1 Å². The van der Waals surface area contributed by atoms with E-state index in [-0.39, 0.29) is 35.3 Å². The predicted octanol–water partition coefficient (Wildman–Crippen LogP) is 4.24. The number of sulfonamides is 1. The summed E-state index contributed by atoms with van der Waals surface area (Å²) in [6.45, 7) is 4.37. The second-order valence-corrected chi connectivity index (χ2v) is 14.7. The summed E-state index contributed by atoms with van der Waals surface area (Å²) in [5.74, 6) is -1.12. The third-order valence-corrected chi connectivity index (χ3v) is 10.0. The Morgan fingerprint density at radius 3 is 2.14 bits per heavy atom. The highest BCUT2D eigenvalue weighted by Crippen LogP contribution is 2.23. The lowest BCUT2D eigenvalue weighted by molar-refractivity contribution is -0.123. The van der Waals surface area contributed by atoms with Crippen molar-refractivity contribution in [2.75, 3.05) is 29.9 Å². The molecule has 49 heavy (non-hydrogen) atoms. The first kappa shape index (κ1) is 37.1. The maximum atomic E-state index is 13.9. The summed E-state index contributed by atoms with van der Waals surface area (Å²) < 4.78 is 26.0. The summed E-state index contributed by atoms with van der Waals surface area (Å²) >= 11 is 1.51. The molecule has 0 aliphatic heterocycles. The van der Waals surface area contributed by atoms with Gasteiger partial charge in [-0.05, 0) is 83.6 Å². The third kappa shape index (κ3) is 10.9. The average Bonchev–Trinajstić information content (AvgIpc) is 3.63. The van der Waals surface area contributed by atoms with Gasteiger partial charge in [0.05, 0.1) is 24.0 Å². The predicted molar refractivity (Wildman–Crippen MR) is 196 cm³/mol. The summed E-state index contributed by atoms with van der Waals surface area (Å²) in [4.78, 5) is 40.3. The maximum absolute atomic E-state index is 13.9. The number of nitrogens with one attached hydrogen (secondary N) is 4. The fraction of sp³-hybridized carbons (Fsp3) is 0.306. The van der Waals surface area contributed by atoms with E-state index in [2.05, 4.69) is 21.3 Å². The monoisotopic (exact) mass is 704 g/mol. The molecule has 0 saturated carbocycles. The number of carbonyl (C=O) groups excluding carboxylic acids is 3. The highest BCUT2D eigenvalue weighted by atomic mass is 32.2. The first-order valence-electron chi connectivity index (χ1n) is 16.0. The van der Waals surface area contributed by atoms with Gasteiger partial charge in [-0.15, -0.1) is 0 Å². The normalized spacial score (nSPS) is 13.1. The van der Waals surface area contributed by atoms with Gasteiger partial charge in [0, 0.05) is 43.0 Å². The van der Waals surface area contributed by atoms with E-state index in [1.165, 1.54) is 36.6 Å². The molecule has 260 valence electrons. The van der Waals surface area contributed by atoms with Crippen LogP contribution in [0, 0.1) is 0 Å². The summed E-state index contributed by atoms with van der Waals surface area (Å²) in [7, 11) is -2.33. The average molecular weight is 705 g/mol. The molecule has 13 heteroatoms. The van der Waals surface area contributed by atoms with Gasteiger partial charge in [0.25, 0.3) is 11.8 Å². The Morgan fingerprint density at radius 1 is 0.898 bits per heavy atom. The van der Waals surface area contributed by atoms with E-state index in [0.717, 1.165) is 27.3 Å². The molecule has 0 saturated heterocycles. The molecular weight excluding hydrogens is 661 g/mol. The van der Waals surface area contributed by atoms with Crippen molar-refractivity contribution in [2.45, 2.75) is 51.4 Å². The molecule has 3 aromatic carbocycles. The van der Waals surface area contributed by atoms with Gasteiger partial charge in [-0.2, -0.15) is 11.3 Å². The quantitative estimate of drug-likeness (QED) is 0.109. The summed E-state index contributed by atoms with van der Waals surface area (Å²) in [6.07, 6.45) is 2.02. The lowest BCUT2D eigenvalue weighted by Gasteiger charge is -2.24. The number of nitrogens with two attached hydrogens (primary N) is 1. The number of anilines is 2. The second-order valence-electron chi connectivity index (χ2n) is 11.9. The van der Waals surface area contributed by atoms with Crippen LogP contribution in [0.25, 0.3) is 0 Å². The van der Waals surface area contributed by atoms with E-state index in [1.54, 1.807) is 12.1 Å². The van der Waals surface area contributed by atoms with Crippen molar-refractivity contribution in [2.24, 2.45) is 0 Å². The van der Waals surface area contributed by atoms with E-state index < -0.39 is 33.9 Å². The zero-order chi connectivity index (χ0) is 35.6. The van der Waals surface area contributed by atoms with Gasteiger partial charge in [0.2, 0.25) is 15.9 Å². The van der Waals surface area contributed by atoms with Crippen LogP contribution in [0.4, 0.5) is 11.4 Å². The lowest BCUT2D eigenvalue weighted by atomic mass is 10.0. The van der Waals surface area contributed by atoms with Gasteiger partial charge in [-0.3, -0.25) is 18.7 Å². The number of benzene rings is 3. The summed E-state index contributed by atoms with van der Waals surface area (Å²) in [6, 6.07) is 21.9. The van der Waals surface area contributed by atoms with Crippen LogP contribution in [0.5, 0.6) is 0 Å². The van der Waals surface area contributed by atoms with Crippen LogP contribution in [0.1, 0.15) is 63.7 Å². The minimum atomic E-state index is -3.70. The smallest absolute Gasteiger partial charge is 0.251 e. The van der Waals surface area contributed by atoms with Gasteiger partial charge >= 0.3 is 0 Å². The molecule has 3 atom stereocenters. The minimum absolute atomic E-state index is 0.118. The fourth-order valence-corrected chi connectivity index (χ4v) is 6.37. The number of amides is 3. The zero-order valence-corrected chi connectivity index (χ0v) is 29.7. The van der Waals surface area contributed by atoms with Gasteiger partial charge in [-0.25, -0.2) is 8.42 Å². The second kappa shape index (κ2) is 17.1. The fourth-order valence-electron chi connectivity index (χ4n) is 5.13. The molecule has 0 spiro atoms. The Morgan fingerprint density at radius 2 is 1.55 bits per heavy atom. The standard InChI is InChI=1S/C36H44N6O5S2/c1-5-33(36(45)39-21-26-11-13-30(37)14-12-26)38-22-31(17-25-9-7-6-8-10-25)41-35(44)29-18-28(19-32(20-29)42(3)49(4,46)47)34(43)40-24(2)27-15-16-48-23-27/h6-16,18-20,23-24,31,33,38H,5,17,21-22,37H2,1-4H3,(H,39,45)(H,40,43)(H,41,44)/t24?,31-,33+/m1/s1. The van der Waals surface area contributed by atoms with Crippen molar-refractivity contribution >= 4 is 50.5 Å².